The maximum absolute atomic E-state index is 13.0. The minimum Gasteiger partial charge on any atom is -0.491 e. The summed E-state index contributed by atoms with van der Waals surface area (Å²) in [7, 11) is 0. The summed E-state index contributed by atoms with van der Waals surface area (Å²) in [5, 5.41) is 16.4. The second kappa shape index (κ2) is 9.58. The summed E-state index contributed by atoms with van der Waals surface area (Å²) in [6.07, 6.45) is -0.501. The van der Waals surface area contributed by atoms with Crippen molar-refractivity contribution in [3.8, 4) is 17.0 Å². The number of aromatic nitrogens is 2. The van der Waals surface area contributed by atoms with Crippen LogP contribution in [0.2, 0.25) is 0 Å². The fraction of sp³-hybridized carbons (Fsp3) is 0.192. The van der Waals surface area contributed by atoms with E-state index in [-0.39, 0.29) is 24.5 Å². The number of Topliss-reactive ketones (excluding diaryl/α,β-unsaturated/α-hetero) is 1. The van der Waals surface area contributed by atoms with Gasteiger partial charge < -0.3 is 9.84 Å². The third-order valence-corrected chi connectivity index (χ3v) is 5.24. The molecule has 0 spiro atoms. The molecule has 6 nitrogen and oxygen atoms in total. The van der Waals surface area contributed by atoms with Crippen molar-refractivity contribution in [3.05, 3.63) is 94.8 Å². The van der Waals surface area contributed by atoms with E-state index in [9.17, 15) is 14.7 Å². The van der Waals surface area contributed by atoms with Gasteiger partial charge in [-0.25, -0.2) is 4.68 Å². The van der Waals surface area contributed by atoms with Crippen LogP contribution in [0.25, 0.3) is 22.0 Å². The topological polar surface area (TPSA) is 81.4 Å². The molecule has 1 heterocycles. The Morgan fingerprint density at radius 2 is 1.62 bits per heavy atom. The molecule has 0 fully saturated rings. The summed E-state index contributed by atoms with van der Waals surface area (Å²) in [4.78, 5) is 24.7. The molecule has 0 aliphatic heterocycles. The van der Waals surface area contributed by atoms with Gasteiger partial charge in [0.05, 0.1) is 17.6 Å². The van der Waals surface area contributed by atoms with Gasteiger partial charge in [-0.2, -0.15) is 5.10 Å². The van der Waals surface area contributed by atoms with Gasteiger partial charge in [0, 0.05) is 22.9 Å². The molecule has 6 heteroatoms. The van der Waals surface area contributed by atoms with Crippen LogP contribution in [0.15, 0.2) is 83.7 Å². The van der Waals surface area contributed by atoms with Crippen molar-refractivity contribution in [1.29, 1.82) is 0 Å². The van der Waals surface area contributed by atoms with Gasteiger partial charge in [0.15, 0.2) is 5.78 Å². The summed E-state index contributed by atoms with van der Waals surface area (Å²) in [6, 6.07) is 23.8. The first kappa shape index (κ1) is 21.5. The highest BCUT2D eigenvalue weighted by atomic mass is 16.5. The van der Waals surface area contributed by atoms with Crippen molar-refractivity contribution in [2.45, 2.75) is 26.0 Å². The molecular weight excluding hydrogens is 404 g/mol. The predicted molar refractivity (Wildman–Crippen MR) is 124 cm³/mol. The number of hydrogen-bond donors (Lipinski definition) is 1. The minimum atomic E-state index is -0.943. The number of carbonyl (C=O) groups excluding carboxylic acids is 1. The normalized spacial score (nSPS) is 11.9. The molecular formula is C26H24N2O4. The number of nitrogens with zero attached hydrogens (tertiary/aromatic N) is 2. The summed E-state index contributed by atoms with van der Waals surface area (Å²) in [5.41, 5.74) is 1.94. The molecule has 32 heavy (non-hydrogen) atoms. The Kier molecular flexibility index (Phi) is 6.42. The van der Waals surface area contributed by atoms with Gasteiger partial charge >= 0.3 is 0 Å². The maximum atomic E-state index is 13.0. The van der Waals surface area contributed by atoms with E-state index in [4.69, 9.17) is 4.74 Å². The smallest absolute Gasteiger partial charge is 0.274 e. The molecule has 0 bridgehead atoms. The van der Waals surface area contributed by atoms with Crippen LogP contribution in [0.4, 0.5) is 0 Å². The molecule has 3 aromatic carbocycles. The van der Waals surface area contributed by atoms with E-state index >= 15 is 0 Å². The van der Waals surface area contributed by atoms with Crippen LogP contribution in [-0.2, 0) is 6.54 Å². The lowest BCUT2D eigenvalue weighted by atomic mass is 10.1. The second-order valence-electron chi connectivity index (χ2n) is 7.51. The highest BCUT2D eigenvalue weighted by Gasteiger charge is 2.15. The van der Waals surface area contributed by atoms with Gasteiger partial charge in [-0.1, -0.05) is 55.5 Å². The van der Waals surface area contributed by atoms with Crippen LogP contribution in [0.5, 0.6) is 5.75 Å². The van der Waals surface area contributed by atoms with Crippen molar-refractivity contribution in [2.75, 3.05) is 6.61 Å². The molecule has 1 atom stereocenters. The van der Waals surface area contributed by atoms with Gasteiger partial charge in [0.25, 0.3) is 5.56 Å². The number of aliphatic hydroxyl groups is 1. The zero-order valence-corrected chi connectivity index (χ0v) is 17.8. The van der Waals surface area contributed by atoms with Crippen LogP contribution in [0.3, 0.4) is 0 Å². The number of aliphatic hydroxyl groups excluding tert-OH is 1. The molecule has 1 aromatic heterocycles. The van der Waals surface area contributed by atoms with E-state index in [1.54, 1.807) is 30.3 Å². The Balaban J connectivity index is 1.54. The average Bonchev–Trinajstić information content (AvgIpc) is 2.85. The molecule has 0 radical (unpaired) electrons. The van der Waals surface area contributed by atoms with Crippen LogP contribution in [0, 0.1) is 0 Å². The Hall–Kier alpha value is -3.77. The van der Waals surface area contributed by atoms with Crippen LogP contribution < -0.4 is 10.3 Å². The van der Waals surface area contributed by atoms with Crippen LogP contribution in [-0.4, -0.2) is 33.4 Å². The number of ether oxygens (including phenoxy) is 1. The molecule has 1 unspecified atom stereocenters. The lowest BCUT2D eigenvalue weighted by molar-refractivity contribution is 0.0881. The highest BCUT2D eigenvalue weighted by molar-refractivity contribution is 5.96. The number of hydrogen-bond acceptors (Lipinski definition) is 5. The number of fused-ring (bicyclic) bond motifs is 1. The fourth-order valence-corrected chi connectivity index (χ4v) is 3.55. The fourth-order valence-electron chi connectivity index (χ4n) is 3.55. The lowest BCUT2D eigenvalue weighted by Crippen LogP contribution is -2.32. The highest BCUT2D eigenvalue weighted by Crippen LogP contribution is 2.24. The Morgan fingerprint density at radius 3 is 2.31 bits per heavy atom. The Morgan fingerprint density at radius 1 is 0.969 bits per heavy atom. The molecule has 0 saturated carbocycles. The summed E-state index contributed by atoms with van der Waals surface area (Å²) in [6.45, 7) is 1.80. The van der Waals surface area contributed by atoms with Gasteiger partial charge in [-0.15, -0.1) is 0 Å². The van der Waals surface area contributed by atoms with Gasteiger partial charge in [0.2, 0.25) is 0 Å². The van der Waals surface area contributed by atoms with Gasteiger partial charge in [-0.05, 0) is 30.3 Å². The van der Waals surface area contributed by atoms with E-state index in [0.29, 0.717) is 28.8 Å². The van der Waals surface area contributed by atoms with Crippen molar-refractivity contribution >= 4 is 16.6 Å². The Bertz CT molecular complexity index is 1280. The Labute approximate surface area is 185 Å². The molecule has 1 N–H and O–H groups in total. The third kappa shape index (κ3) is 4.60. The van der Waals surface area contributed by atoms with E-state index in [2.05, 4.69) is 5.10 Å². The molecule has 0 aliphatic carbocycles. The second-order valence-corrected chi connectivity index (χ2v) is 7.51. The minimum absolute atomic E-state index is 0.00406. The SMILES string of the molecule is CCC(=O)c1ccc(OCC(O)Cn2nc(-c3ccccc3)c3ccccc3c2=O)cc1. The van der Waals surface area contributed by atoms with Crippen molar-refractivity contribution in [2.24, 2.45) is 0 Å². The first-order chi connectivity index (χ1) is 15.6. The first-order valence-electron chi connectivity index (χ1n) is 10.6. The van der Waals surface area contributed by atoms with Crippen molar-refractivity contribution < 1.29 is 14.6 Å². The van der Waals surface area contributed by atoms with E-state index in [1.165, 1.54) is 4.68 Å². The first-order valence-corrected chi connectivity index (χ1v) is 10.6. The molecule has 0 saturated heterocycles. The molecule has 4 aromatic rings. The van der Waals surface area contributed by atoms with Crippen molar-refractivity contribution in [3.63, 3.8) is 0 Å². The lowest BCUT2D eigenvalue weighted by Gasteiger charge is -2.15. The summed E-state index contributed by atoms with van der Waals surface area (Å²) >= 11 is 0. The van der Waals surface area contributed by atoms with E-state index < -0.39 is 6.10 Å². The summed E-state index contributed by atoms with van der Waals surface area (Å²) < 4.78 is 6.94. The zero-order chi connectivity index (χ0) is 22.5. The number of benzene rings is 3. The van der Waals surface area contributed by atoms with E-state index in [1.807, 2.05) is 55.5 Å². The standard InChI is InChI=1S/C26H24N2O4/c1-2-24(30)18-12-14-21(15-13-18)32-17-20(29)16-28-26(31)23-11-7-6-10-22(23)25(27-28)19-8-4-3-5-9-19/h3-15,20,29H,2,16-17H2,1H3. The van der Waals surface area contributed by atoms with Gasteiger partial charge in [-0.3, -0.25) is 9.59 Å². The largest absolute Gasteiger partial charge is 0.491 e. The van der Waals surface area contributed by atoms with Crippen LogP contribution >= 0.6 is 0 Å². The number of carbonyl (C=O) groups is 1. The predicted octanol–water partition coefficient (Wildman–Crippen LogP) is 4.10. The zero-order valence-electron chi connectivity index (χ0n) is 17.8. The summed E-state index contributed by atoms with van der Waals surface area (Å²) in [5.74, 6) is 0.605. The number of ketones is 1. The van der Waals surface area contributed by atoms with Crippen LogP contribution in [0.1, 0.15) is 23.7 Å². The van der Waals surface area contributed by atoms with Gasteiger partial charge in [0.1, 0.15) is 18.5 Å². The molecule has 162 valence electrons. The molecule has 4 rings (SSSR count). The van der Waals surface area contributed by atoms with E-state index in [0.717, 1.165) is 10.9 Å². The monoisotopic (exact) mass is 428 g/mol. The average molecular weight is 428 g/mol. The maximum Gasteiger partial charge on any atom is 0.274 e. The van der Waals surface area contributed by atoms with Crippen molar-refractivity contribution in [1.82, 2.24) is 9.78 Å². The quantitative estimate of drug-likeness (QED) is 0.428. The molecule has 0 aliphatic rings. The third-order valence-electron chi connectivity index (χ3n) is 5.24. The molecule has 0 amide bonds. The number of rotatable bonds is 8.